The first-order valence-corrected chi connectivity index (χ1v) is 16.1. The number of hydrogen-bond donors (Lipinski definition) is 4. The molecular formula is C32H59N3O3. The predicted molar refractivity (Wildman–Crippen MR) is 155 cm³/mol. The van der Waals surface area contributed by atoms with Crippen molar-refractivity contribution in [3.05, 3.63) is 0 Å². The van der Waals surface area contributed by atoms with Crippen LogP contribution in [-0.2, 0) is 9.53 Å². The van der Waals surface area contributed by atoms with Crippen LogP contribution in [0.5, 0.6) is 0 Å². The molecule has 6 nitrogen and oxygen atoms in total. The Bertz CT molecular complexity index is 764. The lowest BCUT2D eigenvalue weighted by Gasteiger charge is -2.62. The number of unbranched alkanes of at least 4 members (excludes halogenated alkanes) is 1. The number of hydrogen-bond acceptors (Lipinski definition) is 6. The van der Waals surface area contributed by atoms with Crippen LogP contribution < -0.4 is 16.4 Å². The van der Waals surface area contributed by atoms with Gasteiger partial charge in [-0.1, -0.05) is 20.8 Å². The van der Waals surface area contributed by atoms with Crippen molar-refractivity contribution in [3.8, 4) is 0 Å². The monoisotopic (exact) mass is 533 g/mol. The van der Waals surface area contributed by atoms with E-state index in [2.05, 4.69) is 31.4 Å². The Kier molecular flexibility index (Phi) is 10.6. The zero-order valence-corrected chi connectivity index (χ0v) is 25.0. The predicted octanol–water partition coefficient (Wildman–Crippen LogP) is 4.88. The van der Waals surface area contributed by atoms with Gasteiger partial charge in [-0.15, -0.1) is 0 Å². The SMILES string of the molecule is COC(=O)CC[C@@H](C)[C@H]1CCC2C3C(CC[C@@]21C)[C@@]1(C)CC[C@H](NCCCNCCCCN)C[C@@H]1C[C@@H]3O. The molecule has 0 saturated heterocycles. The standard InChI is InChI=1S/C32H59N3O3/c1-22(8-11-29(37)38-4)25-9-10-26-30-27(13-15-32(25,26)3)31(2)14-12-24(20-23(31)21-28(30)36)35-19-7-18-34-17-6-5-16-33/h22-28,30,34-36H,5-21,33H2,1-4H3/t22-,23-,24+,25-,26?,27?,28+,30?,31+,32-/m1/s1. The van der Waals surface area contributed by atoms with E-state index in [1.165, 1.54) is 64.9 Å². The number of esters is 1. The quantitative estimate of drug-likeness (QED) is 0.199. The first-order chi connectivity index (χ1) is 18.2. The average molecular weight is 534 g/mol. The highest BCUT2D eigenvalue weighted by atomic mass is 16.5. The average Bonchev–Trinajstić information content (AvgIpc) is 3.26. The van der Waals surface area contributed by atoms with E-state index in [9.17, 15) is 9.90 Å². The Morgan fingerprint density at radius 1 is 1.00 bits per heavy atom. The summed E-state index contributed by atoms with van der Waals surface area (Å²) in [4.78, 5) is 11.8. The number of methoxy groups -OCH3 is 1. The lowest BCUT2D eigenvalue weighted by molar-refractivity contribution is -0.167. The number of carbonyl (C=O) groups excluding carboxylic acids is 1. The lowest BCUT2D eigenvalue weighted by atomic mass is 9.43. The minimum Gasteiger partial charge on any atom is -0.469 e. The van der Waals surface area contributed by atoms with Gasteiger partial charge in [-0.2, -0.15) is 0 Å². The molecule has 220 valence electrons. The van der Waals surface area contributed by atoms with E-state index in [0.717, 1.165) is 45.4 Å². The van der Waals surface area contributed by atoms with Gasteiger partial charge in [0.05, 0.1) is 13.2 Å². The highest BCUT2D eigenvalue weighted by molar-refractivity contribution is 5.69. The minimum absolute atomic E-state index is 0.0815. The summed E-state index contributed by atoms with van der Waals surface area (Å²) in [5, 5.41) is 19.1. The summed E-state index contributed by atoms with van der Waals surface area (Å²) in [7, 11) is 1.49. The third kappa shape index (κ3) is 6.29. The van der Waals surface area contributed by atoms with Gasteiger partial charge in [0.15, 0.2) is 0 Å². The normalized spacial score (nSPS) is 41.2. The Morgan fingerprint density at radius 3 is 2.50 bits per heavy atom. The molecule has 0 bridgehead atoms. The summed E-state index contributed by atoms with van der Waals surface area (Å²) in [6.07, 6.45) is 14.7. The molecule has 38 heavy (non-hydrogen) atoms. The summed E-state index contributed by atoms with van der Waals surface area (Å²) < 4.78 is 4.91. The molecule has 0 radical (unpaired) electrons. The zero-order chi connectivity index (χ0) is 27.3. The van der Waals surface area contributed by atoms with Crippen LogP contribution in [0.2, 0.25) is 0 Å². The summed E-state index contributed by atoms with van der Waals surface area (Å²) in [6.45, 7) is 11.5. The molecule has 0 aliphatic heterocycles. The van der Waals surface area contributed by atoms with Crippen molar-refractivity contribution >= 4 is 5.97 Å². The van der Waals surface area contributed by atoms with Crippen LogP contribution in [0.15, 0.2) is 0 Å². The summed E-state index contributed by atoms with van der Waals surface area (Å²) in [5.74, 6) is 3.51. The van der Waals surface area contributed by atoms with Crippen LogP contribution in [-0.4, -0.2) is 56.5 Å². The number of rotatable bonds is 13. The van der Waals surface area contributed by atoms with Crippen molar-refractivity contribution in [1.29, 1.82) is 0 Å². The van der Waals surface area contributed by atoms with Crippen LogP contribution >= 0.6 is 0 Å². The Hall–Kier alpha value is -0.690. The smallest absolute Gasteiger partial charge is 0.305 e. The van der Waals surface area contributed by atoms with Crippen molar-refractivity contribution < 1.29 is 14.6 Å². The maximum Gasteiger partial charge on any atom is 0.305 e. The van der Waals surface area contributed by atoms with Crippen LogP contribution in [0.25, 0.3) is 0 Å². The van der Waals surface area contributed by atoms with Crippen LogP contribution in [0.4, 0.5) is 0 Å². The van der Waals surface area contributed by atoms with Crippen LogP contribution in [0.3, 0.4) is 0 Å². The topological polar surface area (TPSA) is 96.6 Å². The molecule has 0 amide bonds. The molecule has 0 aromatic heterocycles. The second-order valence-corrected chi connectivity index (χ2v) is 14.1. The van der Waals surface area contributed by atoms with Gasteiger partial charge >= 0.3 is 5.97 Å². The second kappa shape index (κ2) is 13.3. The highest BCUT2D eigenvalue weighted by Crippen LogP contribution is 2.68. The Labute approximate surface area is 233 Å². The molecule has 6 heteroatoms. The summed E-state index contributed by atoms with van der Waals surface area (Å²) in [6, 6.07) is 0.606. The molecule has 0 aromatic carbocycles. The molecule has 4 rings (SSSR count). The largest absolute Gasteiger partial charge is 0.469 e. The number of nitrogens with two attached hydrogens (primary N) is 1. The maximum atomic E-state index is 11.8. The molecule has 10 atom stereocenters. The van der Waals surface area contributed by atoms with Gasteiger partial charge in [0.25, 0.3) is 0 Å². The number of nitrogens with one attached hydrogen (secondary N) is 2. The number of carbonyl (C=O) groups is 1. The second-order valence-electron chi connectivity index (χ2n) is 14.1. The van der Waals surface area contributed by atoms with Gasteiger partial charge in [0.2, 0.25) is 0 Å². The molecule has 0 heterocycles. The van der Waals surface area contributed by atoms with Gasteiger partial charge in [-0.3, -0.25) is 4.79 Å². The molecule has 4 aliphatic rings. The van der Waals surface area contributed by atoms with Gasteiger partial charge in [-0.25, -0.2) is 0 Å². The molecule has 4 aliphatic carbocycles. The fourth-order valence-electron chi connectivity index (χ4n) is 10.1. The van der Waals surface area contributed by atoms with E-state index in [4.69, 9.17) is 10.5 Å². The van der Waals surface area contributed by atoms with E-state index >= 15 is 0 Å². The van der Waals surface area contributed by atoms with E-state index < -0.39 is 0 Å². The number of aliphatic hydroxyl groups is 1. The minimum atomic E-state index is -0.150. The first kappa shape index (κ1) is 30.3. The van der Waals surface area contributed by atoms with Crippen molar-refractivity contribution in [3.63, 3.8) is 0 Å². The molecule has 0 aromatic rings. The summed E-state index contributed by atoms with van der Waals surface area (Å²) in [5.41, 5.74) is 6.26. The molecule has 4 fully saturated rings. The first-order valence-electron chi connectivity index (χ1n) is 16.1. The molecule has 0 spiro atoms. The molecule has 4 saturated carbocycles. The zero-order valence-electron chi connectivity index (χ0n) is 25.0. The van der Waals surface area contributed by atoms with Crippen LogP contribution in [0.1, 0.15) is 104 Å². The lowest BCUT2D eigenvalue weighted by Crippen LogP contribution is -2.59. The number of fused-ring (bicyclic) bond motifs is 5. The molecular weight excluding hydrogens is 474 g/mol. The fraction of sp³-hybridized carbons (Fsp3) is 0.969. The van der Waals surface area contributed by atoms with Crippen molar-refractivity contribution in [1.82, 2.24) is 10.6 Å². The van der Waals surface area contributed by atoms with Gasteiger partial charge in [0.1, 0.15) is 0 Å². The van der Waals surface area contributed by atoms with Crippen molar-refractivity contribution in [2.24, 2.45) is 52.1 Å². The highest BCUT2D eigenvalue weighted by Gasteiger charge is 2.62. The van der Waals surface area contributed by atoms with E-state index in [0.29, 0.717) is 58.8 Å². The number of ether oxygens (including phenoxy) is 1. The molecule has 3 unspecified atom stereocenters. The van der Waals surface area contributed by atoms with E-state index in [1.807, 2.05) is 0 Å². The maximum absolute atomic E-state index is 11.8. The van der Waals surface area contributed by atoms with Gasteiger partial charge in [0, 0.05) is 12.5 Å². The third-order valence-electron chi connectivity index (χ3n) is 12.2. The van der Waals surface area contributed by atoms with Crippen molar-refractivity contribution in [2.75, 3.05) is 33.3 Å². The van der Waals surface area contributed by atoms with E-state index in [1.54, 1.807) is 0 Å². The Balaban J connectivity index is 1.31. The van der Waals surface area contributed by atoms with Crippen LogP contribution in [0, 0.1) is 46.3 Å². The Morgan fingerprint density at radius 2 is 1.74 bits per heavy atom. The van der Waals surface area contributed by atoms with Crippen molar-refractivity contribution in [2.45, 2.75) is 116 Å². The third-order valence-corrected chi connectivity index (χ3v) is 12.2. The number of aliphatic hydroxyl groups excluding tert-OH is 1. The van der Waals surface area contributed by atoms with Gasteiger partial charge in [-0.05, 0) is 150 Å². The summed E-state index contributed by atoms with van der Waals surface area (Å²) >= 11 is 0. The fourth-order valence-corrected chi connectivity index (χ4v) is 10.1. The van der Waals surface area contributed by atoms with Gasteiger partial charge < -0.3 is 26.2 Å². The van der Waals surface area contributed by atoms with E-state index in [-0.39, 0.29) is 12.1 Å². The molecule has 5 N–H and O–H groups in total.